The molecule has 154 valence electrons. The van der Waals surface area contributed by atoms with E-state index in [2.05, 4.69) is 5.32 Å². The summed E-state index contributed by atoms with van der Waals surface area (Å²) in [5.74, 6) is -4.98. The van der Waals surface area contributed by atoms with Crippen LogP contribution >= 0.6 is 0 Å². The van der Waals surface area contributed by atoms with Crippen molar-refractivity contribution in [3.63, 3.8) is 0 Å². The summed E-state index contributed by atoms with van der Waals surface area (Å²) >= 11 is 0. The Hall–Kier alpha value is -3.20. The number of hydrogen-bond acceptors (Lipinski definition) is 7. The zero-order valence-electron chi connectivity index (χ0n) is 15.9. The van der Waals surface area contributed by atoms with Gasteiger partial charge in [-0.2, -0.15) is 0 Å². The zero-order valence-corrected chi connectivity index (χ0v) is 15.9. The van der Waals surface area contributed by atoms with E-state index in [1.54, 1.807) is 26.0 Å². The Morgan fingerprint density at radius 2 is 1.45 bits per heavy atom. The second kappa shape index (κ2) is 8.44. The maximum Gasteiger partial charge on any atom is 0.338 e. The van der Waals surface area contributed by atoms with Gasteiger partial charge in [-0.05, 0) is 32.0 Å². The molecule has 9 nitrogen and oxygen atoms in total. The van der Waals surface area contributed by atoms with Crippen molar-refractivity contribution >= 4 is 29.5 Å². The number of carbonyl (C=O) groups excluding carboxylic acids is 3. The number of nitrogens with one attached hydrogen (secondary N) is 1. The maximum atomic E-state index is 12.8. The molecule has 9 heteroatoms. The van der Waals surface area contributed by atoms with E-state index in [1.165, 1.54) is 18.2 Å². The molecular weight excluding hydrogens is 382 g/mol. The van der Waals surface area contributed by atoms with Crippen molar-refractivity contribution < 1.29 is 38.5 Å². The van der Waals surface area contributed by atoms with Crippen molar-refractivity contribution in [1.82, 2.24) is 0 Å². The highest BCUT2D eigenvalue weighted by Crippen LogP contribution is 2.40. The van der Waals surface area contributed by atoms with Crippen molar-refractivity contribution in [3.8, 4) is 0 Å². The van der Waals surface area contributed by atoms with Crippen molar-refractivity contribution in [3.05, 3.63) is 41.5 Å². The third kappa shape index (κ3) is 4.14. The number of anilines is 1. The van der Waals surface area contributed by atoms with Crippen LogP contribution in [0.2, 0.25) is 0 Å². The molecule has 2 aliphatic heterocycles. The number of carboxylic acid groups (broad SMARTS) is 1. The van der Waals surface area contributed by atoms with Crippen molar-refractivity contribution in [2.75, 3.05) is 18.5 Å². The van der Waals surface area contributed by atoms with Gasteiger partial charge in [-0.3, -0.25) is 9.59 Å². The quantitative estimate of drug-likeness (QED) is 0.519. The number of ether oxygens (including phenoxy) is 3. The van der Waals surface area contributed by atoms with Gasteiger partial charge in [-0.25, -0.2) is 9.59 Å². The van der Waals surface area contributed by atoms with Crippen LogP contribution in [0.25, 0.3) is 0 Å². The molecular formula is C20H21NO8. The van der Waals surface area contributed by atoms with Crippen molar-refractivity contribution in [2.45, 2.75) is 26.1 Å². The summed E-state index contributed by atoms with van der Waals surface area (Å²) in [4.78, 5) is 48.6. The maximum absolute atomic E-state index is 12.8. The average Bonchev–Trinajstić information content (AvgIpc) is 3.29. The summed E-state index contributed by atoms with van der Waals surface area (Å²) in [6, 6.07) is 4.03. The molecule has 2 aliphatic rings. The molecule has 1 aromatic rings. The van der Waals surface area contributed by atoms with Gasteiger partial charge in [-0.1, -0.05) is 12.2 Å². The number of esters is 2. The van der Waals surface area contributed by atoms with Crippen LogP contribution < -0.4 is 5.32 Å². The zero-order chi connectivity index (χ0) is 21.1. The second-order valence-electron chi connectivity index (χ2n) is 6.57. The molecule has 29 heavy (non-hydrogen) atoms. The molecule has 0 saturated carbocycles. The van der Waals surface area contributed by atoms with Gasteiger partial charge in [0.1, 0.15) is 5.92 Å². The molecule has 0 radical (unpaired) electrons. The summed E-state index contributed by atoms with van der Waals surface area (Å²) in [5.41, 5.74) is 0.276. The normalized spacial score (nSPS) is 24.2. The number of amides is 1. The summed E-state index contributed by atoms with van der Waals surface area (Å²) < 4.78 is 15.4. The van der Waals surface area contributed by atoms with Crippen LogP contribution in [-0.2, 0) is 23.8 Å². The lowest BCUT2D eigenvalue weighted by atomic mass is 9.82. The number of hydrogen-bond donors (Lipinski definition) is 2. The largest absolute Gasteiger partial charge is 0.481 e. The van der Waals surface area contributed by atoms with Crippen LogP contribution in [-0.4, -0.2) is 54.3 Å². The van der Waals surface area contributed by atoms with Gasteiger partial charge in [-0.15, -0.1) is 0 Å². The Balaban J connectivity index is 1.88. The van der Waals surface area contributed by atoms with Gasteiger partial charge in [0.2, 0.25) is 5.91 Å². The highest BCUT2D eigenvalue weighted by atomic mass is 16.5. The minimum Gasteiger partial charge on any atom is -0.481 e. The van der Waals surface area contributed by atoms with Crippen LogP contribution in [0.15, 0.2) is 30.4 Å². The number of aliphatic carboxylic acids is 1. The molecule has 2 N–H and O–H groups in total. The third-order valence-corrected chi connectivity index (χ3v) is 4.71. The summed E-state index contributed by atoms with van der Waals surface area (Å²) in [6.45, 7) is 3.56. The summed E-state index contributed by atoms with van der Waals surface area (Å²) in [7, 11) is 0. The number of rotatable bonds is 7. The first kappa shape index (κ1) is 20.5. The predicted octanol–water partition coefficient (Wildman–Crippen LogP) is 1.63. The van der Waals surface area contributed by atoms with E-state index in [0.717, 1.165) is 0 Å². The number of benzene rings is 1. The minimum atomic E-state index is -1.13. The number of carbonyl (C=O) groups is 4. The average molecular weight is 403 g/mol. The SMILES string of the molecule is CCOC(=O)c1cc(NC(=O)[C@H]2[C@@H](C(=O)O)[C@@H]3C=C[C@H]2O3)cc(C(=O)OCC)c1. The first-order valence-electron chi connectivity index (χ1n) is 9.22. The minimum absolute atomic E-state index is 0.0616. The molecule has 1 amide bonds. The fourth-order valence-electron chi connectivity index (χ4n) is 3.50. The van der Waals surface area contributed by atoms with Gasteiger partial charge in [0, 0.05) is 5.69 Å². The van der Waals surface area contributed by atoms with Crippen LogP contribution in [0.5, 0.6) is 0 Å². The Bertz CT molecular complexity index is 841. The van der Waals surface area contributed by atoms with E-state index >= 15 is 0 Å². The van der Waals surface area contributed by atoms with Gasteiger partial charge >= 0.3 is 17.9 Å². The first-order valence-corrected chi connectivity index (χ1v) is 9.22. The Labute approximate surface area is 166 Å². The van der Waals surface area contributed by atoms with E-state index in [-0.39, 0.29) is 30.0 Å². The smallest absolute Gasteiger partial charge is 0.338 e. The molecule has 2 heterocycles. The van der Waals surface area contributed by atoms with E-state index in [4.69, 9.17) is 14.2 Å². The van der Waals surface area contributed by atoms with E-state index < -0.39 is 47.9 Å². The molecule has 0 unspecified atom stereocenters. The fourth-order valence-corrected chi connectivity index (χ4v) is 3.50. The molecule has 0 aliphatic carbocycles. The van der Waals surface area contributed by atoms with Gasteiger partial charge in [0.25, 0.3) is 0 Å². The third-order valence-electron chi connectivity index (χ3n) is 4.71. The Morgan fingerprint density at radius 3 is 1.93 bits per heavy atom. The second-order valence-corrected chi connectivity index (χ2v) is 6.57. The summed E-state index contributed by atoms with van der Waals surface area (Å²) in [6.07, 6.45) is 1.99. The fraction of sp³-hybridized carbons (Fsp3) is 0.400. The molecule has 2 bridgehead atoms. The highest BCUT2D eigenvalue weighted by Gasteiger charge is 2.53. The van der Waals surface area contributed by atoms with Gasteiger partial charge < -0.3 is 24.6 Å². The lowest BCUT2D eigenvalue weighted by molar-refractivity contribution is -0.145. The Kier molecular flexibility index (Phi) is 5.97. The topological polar surface area (TPSA) is 128 Å². The number of fused-ring (bicyclic) bond motifs is 2. The Morgan fingerprint density at radius 1 is 0.931 bits per heavy atom. The van der Waals surface area contributed by atoms with Gasteiger partial charge in [0.05, 0.1) is 42.5 Å². The lowest BCUT2D eigenvalue weighted by Crippen LogP contribution is -2.39. The molecule has 1 saturated heterocycles. The van der Waals surface area contributed by atoms with Crippen LogP contribution in [0.1, 0.15) is 34.6 Å². The molecule has 0 aromatic heterocycles. The van der Waals surface area contributed by atoms with Crippen LogP contribution in [0.3, 0.4) is 0 Å². The van der Waals surface area contributed by atoms with Gasteiger partial charge in [0.15, 0.2) is 0 Å². The first-order chi connectivity index (χ1) is 13.8. The lowest BCUT2D eigenvalue weighted by Gasteiger charge is -2.21. The van der Waals surface area contributed by atoms with Crippen molar-refractivity contribution in [2.24, 2.45) is 11.8 Å². The predicted molar refractivity (Wildman–Crippen MR) is 99.4 cm³/mol. The molecule has 1 aromatic carbocycles. The summed E-state index contributed by atoms with van der Waals surface area (Å²) in [5, 5.41) is 12.1. The standard InChI is InChI=1S/C20H21NO8/c1-3-27-19(25)10-7-11(20(26)28-4-2)9-12(8-10)21-17(22)15-13-5-6-14(29-13)16(15)18(23)24/h5-9,13-16H,3-4H2,1-2H3,(H,21,22)(H,23,24)/t13-,14+,15-,16+/m1/s1. The van der Waals surface area contributed by atoms with Crippen LogP contribution in [0, 0.1) is 11.8 Å². The highest BCUT2D eigenvalue weighted by molar-refractivity contribution is 6.01. The molecule has 0 spiro atoms. The van der Waals surface area contributed by atoms with E-state index in [1.807, 2.05) is 0 Å². The van der Waals surface area contributed by atoms with E-state index in [0.29, 0.717) is 0 Å². The van der Waals surface area contributed by atoms with Crippen LogP contribution in [0.4, 0.5) is 5.69 Å². The monoisotopic (exact) mass is 403 g/mol. The van der Waals surface area contributed by atoms with Crippen molar-refractivity contribution in [1.29, 1.82) is 0 Å². The van der Waals surface area contributed by atoms with E-state index in [9.17, 15) is 24.3 Å². The number of carboxylic acids is 1. The molecule has 3 rings (SSSR count). The molecule has 1 fully saturated rings. The molecule has 4 atom stereocenters.